The fourth-order valence-electron chi connectivity index (χ4n) is 2.30. The Kier molecular flexibility index (Phi) is 4.19. The maximum Gasteiger partial charge on any atom is 0.0186 e. The second-order valence-electron chi connectivity index (χ2n) is 5.50. The molecule has 1 aromatic rings. The monoisotopic (exact) mass is 232 g/mol. The largest absolute Gasteiger partial charge is 0.312 e. The molecule has 2 heteroatoms. The highest BCUT2D eigenvalue weighted by atomic mass is 15.1. The van der Waals surface area contributed by atoms with E-state index in [-0.39, 0.29) is 0 Å². The lowest BCUT2D eigenvalue weighted by Crippen LogP contribution is -2.45. The summed E-state index contributed by atoms with van der Waals surface area (Å²) in [4.78, 5) is 2.26. The predicted molar refractivity (Wildman–Crippen MR) is 73.4 cm³/mol. The minimum Gasteiger partial charge on any atom is -0.312 e. The number of hydrogen-bond donors (Lipinski definition) is 1. The molecule has 0 bridgehead atoms. The SMILES string of the molecule is CC(CNC1CC(c2ccccc2)C1)N(C)C. The van der Waals surface area contributed by atoms with E-state index < -0.39 is 0 Å². The first-order chi connectivity index (χ1) is 8.16. The summed E-state index contributed by atoms with van der Waals surface area (Å²) in [5, 5.41) is 3.66. The van der Waals surface area contributed by atoms with E-state index in [0.29, 0.717) is 6.04 Å². The minimum absolute atomic E-state index is 0.616. The molecule has 0 radical (unpaired) electrons. The molecule has 2 rings (SSSR count). The average Bonchev–Trinajstić information content (AvgIpc) is 2.28. The van der Waals surface area contributed by atoms with Crippen molar-refractivity contribution in [2.45, 2.75) is 37.8 Å². The van der Waals surface area contributed by atoms with Gasteiger partial charge in [0.05, 0.1) is 0 Å². The van der Waals surface area contributed by atoms with Crippen LogP contribution in [0.5, 0.6) is 0 Å². The van der Waals surface area contributed by atoms with E-state index in [1.54, 1.807) is 0 Å². The Morgan fingerprint density at radius 2 is 1.88 bits per heavy atom. The topological polar surface area (TPSA) is 15.3 Å². The highest BCUT2D eigenvalue weighted by Crippen LogP contribution is 2.36. The van der Waals surface area contributed by atoms with Crippen LogP contribution in [-0.4, -0.2) is 37.6 Å². The van der Waals surface area contributed by atoms with Crippen molar-refractivity contribution in [1.29, 1.82) is 0 Å². The molecule has 0 aromatic heterocycles. The summed E-state index contributed by atoms with van der Waals surface area (Å²) in [5.41, 5.74) is 1.51. The third-order valence-corrected chi connectivity index (χ3v) is 3.99. The second-order valence-corrected chi connectivity index (χ2v) is 5.50. The molecule has 0 saturated heterocycles. The second kappa shape index (κ2) is 5.65. The van der Waals surface area contributed by atoms with Crippen LogP contribution in [0.3, 0.4) is 0 Å². The number of hydrogen-bond acceptors (Lipinski definition) is 2. The van der Waals surface area contributed by atoms with Gasteiger partial charge in [-0.15, -0.1) is 0 Å². The van der Waals surface area contributed by atoms with E-state index in [1.165, 1.54) is 18.4 Å². The molecule has 17 heavy (non-hydrogen) atoms. The molecule has 1 saturated carbocycles. The van der Waals surface area contributed by atoms with Crippen molar-refractivity contribution in [2.75, 3.05) is 20.6 Å². The van der Waals surface area contributed by atoms with Crippen LogP contribution in [-0.2, 0) is 0 Å². The maximum absolute atomic E-state index is 3.66. The fourth-order valence-corrected chi connectivity index (χ4v) is 2.30. The summed E-state index contributed by atoms with van der Waals surface area (Å²) in [6, 6.07) is 12.2. The van der Waals surface area contributed by atoms with Crippen LogP contribution in [0.15, 0.2) is 30.3 Å². The first-order valence-electron chi connectivity index (χ1n) is 6.61. The summed E-state index contributed by atoms with van der Waals surface area (Å²) in [6.45, 7) is 3.36. The van der Waals surface area contributed by atoms with E-state index in [0.717, 1.165) is 18.5 Å². The molecule has 0 aliphatic heterocycles. The van der Waals surface area contributed by atoms with Gasteiger partial charge in [-0.2, -0.15) is 0 Å². The molecule has 1 unspecified atom stereocenters. The number of nitrogens with zero attached hydrogens (tertiary/aromatic N) is 1. The minimum atomic E-state index is 0.616. The molecule has 1 atom stereocenters. The van der Waals surface area contributed by atoms with Crippen molar-refractivity contribution >= 4 is 0 Å². The summed E-state index contributed by atoms with van der Waals surface area (Å²) >= 11 is 0. The lowest BCUT2D eigenvalue weighted by atomic mass is 9.76. The quantitative estimate of drug-likeness (QED) is 0.839. The zero-order valence-electron chi connectivity index (χ0n) is 11.2. The van der Waals surface area contributed by atoms with Crippen molar-refractivity contribution < 1.29 is 0 Å². The van der Waals surface area contributed by atoms with Gasteiger partial charge in [-0.05, 0) is 45.3 Å². The van der Waals surface area contributed by atoms with E-state index in [1.807, 2.05) is 0 Å². The van der Waals surface area contributed by atoms with E-state index in [9.17, 15) is 0 Å². The Morgan fingerprint density at radius 1 is 1.24 bits per heavy atom. The van der Waals surface area contributed by atoms with E-state index >= 15 is 0 Å². The van der Waals surface area contributed by atoms with Crippen LogP contribution in [0, 0.1) is 0 Å². The Bertz CT molecular complexity index is 328. The fraction of sp³-hybridized carbons (Fsp3) is 0.600. The van der Waals surface area contributed by atoms with Crippen LogP contribution in [0.25, 0.3) is 0 Å². The van der Waals surface area contributed by atoms with Gasteiger partial charge in [0.2, 0.25) is 0 Å². The zero-order valence-corrected chi connectivity index (χ0v) is 11.2. The number of rotatable bonds is 5. The number of benzene rings is 1. The molecule has 94 valence electrons. The van der Waals surface area contributed by atoms with Crippen LogP contribution >= 0.6 is 0 Å². The standard InChI is InChI=1S/C15H24N2/c1-12(17(2)3)11-16-15-9-14(10-15)13-7-5-4-6-8-13/h4-8,12,14-16H,9-11H2,1-3H3. The lowest BCUT2D eigenvalue weighted by molar-refractivity contribution is 0.245. The van der Waals surface area contributed by atoms with Gasteiger partial charge in [0.15, 0.2) is 0 Å². The molecule has 0 heterocycles. The van der Waals surface area contributed by atoms with Crippen molar-refractivity contribution in [3.8, 4) is 0 Å². The Hall–Kier alpha value is -0.860. The van der Waals surface area contributed by atoms with E-state index in [2.05, 4.69) is 61.6 Å². The van der Waals surface area contributed by atoms with Gasteiger partial charge in [-0.25, -0.2) is 0 Å². The zero-order chi connectivity index (χ0) is 12.3. The van der Waals surface area contributed by atoms with Gasteiger partial charge in [0.1, 0.15) is 0 Å². The van der Waals surface area contributed by atoms with Gasteiger partial charge in [0, 0.05) is 18.6 Å². The van der Waals surface area contributed by atoms with Crippen molar-refractivity contribution in [2.24, 2.45) is 0 Å². The Balaban J connectivity index is 1.69. The Labute approximate surface area is 105 Å². The van der Waals surface area contributed by atoms with Gasteiger partial charge in [0.25, 0.3) is 0 Å². The van der Waals surface area contributed by atoms with Gasteiger partial charge < -0.3 is 10.2 Å². The van der Waals surface area contributed by atoms with Gasteiger partial charge in [-0.1, -0.05) is 30.3 Å². The molecule has 0 amide bonds. The van der Waals surface area contributed by atoms with Crippen LogP contribution in [0.1, 0.15) is 31.2 Å². The summed E-state index contributed by atoms with van der Waals surface area (Å²) < 4.78 is 0. The van der Waals surface area contributed by atoms with Crippen LogP contribution in [0.4, 0.5) is 0 Å². The third-order valence-electron chi connectivity index (χ3n) is 3.99. The van der Waals surface area contributed by atoms with Crippen molar-refractivity contribution in [3.63, 3.8) is 0 Å². The van der Waals surface area contributed by atoms with Crippen molar-refractivity contribution in [3.05, 3.63) is 35.9 Å². The lowest BCUT2D eigenvalue weighted by Gasteiger charge is -2.37. The van der Waals surface area contributed by atoms with Gasteiger partial charge in [-0.3, -0.25) is 0 Å². The molecular formula is C15H24N2. The van der Waals surface area contributed by atoms with Crippen molar-refractivity contribution in [1.82, 2.24) is 10.2 Å². The third kappa shape index (κ3) is 3.30. The average molecular weight is 232 g/mol. The first kappa shape index (κ1) is 12.6. The normalized spacial score (nSPS) is 25.6. The van der Waals surface area contributed by atoms with Crippen LogP contribution in [0.2, 0.25) is 0 Å². The number of likely N-dealkylation sites (N-methyl/N-ethyl adjacent to an activating group) is 1. The van der Waals surface area contributed by atoms with E-state index in [4.69, 9.17) is 0 Å². The molecule has 0 spiro atoms. The molecule has 1 aromatic carbocycles. The van der Waals surface area contributed by atoms with Gasteiger partial charge >= 0.3 is 0 Å². The summed E-state index contributed by atoms with van der Waals surface area (Å²) in [5.74, 6) is 0.781. The molecule has 1 N–H and O–H groups in total. The predicted octanol–water partition coefficient (Wildman–Crippen LogP) is 2.47. The molecule has 1 aliphatic carbocycles. The Morgan fingerprint density at radius 3 is 2.47 bits per heavy atom. The smallest absolute Gasteiger partial charge is 0.0186 e. The molecule has 2 nitrogen and oxygen atoms in total. The molecular weight excluding hydrogens is 208 g/mol. The number of nitrogens with one attached hydrogen (secondary N) is 1. The summed E-state index contributed by atoms with van der Waals surface area (Å²) in [6.07, 6.45) is 2.59. The highest BCUT2D eigenvalue weighted by Gasteiger charge is 2.29. The molecule has 1 fully saturated rings. The summed E-state index contributed by atoms with van der Waals surface area (Å²) in [7, 11) is 4.28. The maximum atomic E-state index is 3.66. The van der Waals surface area contributed by atoms with Crippen LogP contribution < -0.4 is 5.32 Å². The first-order valence-corrected chi connectivity index (χ1v) is 6.61. The highest BCUT2D eigenvalue weighted by molar-refractivity contribution is 5.22. The molecule has 1 aliphatic rings.